The van der Waals surface area contributed by atoms with Crippen molar-refractivity contribution < 1.29 is 13.2 Å². The highest BCUT2D eigenvalue weighted by atomic mass is 32.2. The molecule has 9 nitrogen and oxygen atoms in total. The van der Waals surface area contributed by atoms with Gasteiger partial charge in [-0.3, -0.25) is 0 Å². The van der Waals surface area contributed by atoms with E-state index >= 15 is 0 Å². The van der Waals surface area contributed by atoms with Gasteiger partial charge in [-0.25, -0.2) is 18.2 Å². The van der Waals surface area contributed by atoms with Crippen LogP contribution in [-0.4, -0.2) is 35.2 Å². The molecule has 0 saturated heterocycles. The van der Waals surface area contributed by atoms with Gasteiger partial charge in [-0.1, -0.05) is 12.1 Å². The maximum atomic E-state index is 12.9. The Morgan fingerprint density at radius 3 is 2.71 bits per heavy atom. The molecule has 1 aromatic carbocycles. The number of hydrogen-bond donors (Lipinski definition) is 1. The number of primary amides is 1. The van der Waals surface area contributed by atoms with Crippen molar-refractivity contribution in [1.29, 1.82) is 5.26 Å². The van der Waals surface area contributed by atoms with Gasteiger partial charge in [-0.05, 0) is 19.1 Å². The Hall–Kier alpha value is -2.71. The summed E-state index contributed by atoms with van der Waals surface area (Å²) in [5, 5.41) is 8.70. The molecule has 0 bridgehead atoms. The molecule has 0 aliphatic carbocycles. The second kappa shape index (κ2) is 7.24. The minimum absolute atomic E-state index is 0.0496. The zero-order valence-corrected chi connectivity index (χ0v) is 14.1. The Morgan fingerprint density at radius 2 is 2.08 bits per heavy atom. The second-order valence-electron chi connectivity index (χ2n) is 4.33. The van der Waals surface area contributed by atoms with Crippen molar-refractivity contribution in [2.24, 2.45) is 5.73 Å². The summed E-state index contributed by atoms with van der Waals surface area (Å²) in [6, 6.07) is 6.65. The van der Waals surface area contributed by atoms with E-state index in [1.54, 1.807) is 6.07 Å². The number of urea groups is 1. The maximum absolute atomic E-state index is 12.9. The van der Waals surface area contributed by atoms with E-state index in [-0.39, 0.29) is 16.5 Å². The number of carbonyl (C=O) groups excluding carboxylic acids is 1. The van der Waals surface area contributed by atoms with E-state index in [0.717, 1.165) is 18.1 Å². The molecule has 11 heteroatoms. The van der Waals surface area contributed by atoms with Crippen LogP contribution in [0.2, 0.25) is 0 Å². The molecule has 0 atom stereocenters. The van der Waals surface area contributed by atoms with Gasteiger partial charge in [0.25, 0.3) is 16.0 Å². The highest BCUT2D eigenvalue weighted by Gasteiger charge is 2.33. The van der Waals surface area contributed by atoms with Gasteiger partial charge in [-0.15, -0.1) is 16.1 Å². The highest BCUT2D eigenvalue weighted by Crippen LogP contribution is 2.29. The lowest BCUT2D eigenvalue weighted by molar-refractivity contribution is 0.256. The average molecular weight is 364 g/mol. The third kappa shape index (κ3) is 3.61. The van der Waals surface area contributed by atoms with Gasteiger partial charge >= 0.3 is 6.03 Å². The van der Waals surface area contributed by atoms with Crippen molar-refractivity contribution in [2.45, 2.75) is 16.7 Å². The molecule has 2 N–H and O–H groups in total. The summed E-state index contributed by atoms with van der Waals surface area (Å²) in [7, 11) is -4.36. The van der Waals surface area contributed by atoms with Crippen LogP contribution in [0.4, 0.5) is 10.7 Å². The van der Waals surface area contributed by atoms with Crippen molar-refractivity contribution >= 4 is 33.8 Å². The second-order valence-corrected chi connectivity index (χ2v) is 7.11. The van der Waals surface area contributed by atoms with Crippen LogP contribution in [0.5, 0.6) is 0 Å². The SMILES string of the molecule is Cc1ncnc(N(C(N)=O)S(=O)(=O)c2ccccc2SCC#N)n1. The van der Waals surface area contributed by atoms with Crippen LogP contribution in [0, 0.1) is 18.3 Å². The Bertz CT molecular complexity index is 910. The fraction of sp³-hybridized carbons (Fsp3) is 0.154. The van der Waals surface area contributed by atoms with E-state index in [0.29, 0.717) is 9.20 Å². The minimum Gasteiger partial charge on any atom is -0.350 e. The van der Waals surface area contributed by atoms with Crippen molar-refractivity contribution in [3.05, 3.63) is 36.4 Å². The van der Waals surface area contributed by atoms with E-state index in [2.05, 4.69) is 15.0 Å². The molecule has 1 heterocycles. The van der Waals surface area contributed by atoms with E-state index < -0.39 is 22.0 Å². The Kier molecular flexibility index (Phi) is 5.32. The number of carbonyl (C=O) groups is 1. The molecular formula is C13H12N6O3S2. The number of benzene rings is 1. The number of nitrogens with two attached hydrogens (primary N) is 1. The Morgan fingerprint density at radius 1 is 1.38 bits per heavy atom. The predicted molar refractivity (Wildman–Crippen MR) is 86.6 cm³/mol. The quantitative estimate of drug-likeness (QED) is 0.776. The molecule has 0 spiro atoms. The first-order chi connectivity index (χ1) is 11.4. The molecule has 2 aromatic rings. The van der Waals surface area contributed by atoms with E-state index in [4.69, 9.17) is 11.0 Å². The van der Waals surface area contributed by atoms with Crippen LogP contribution < -0.4 is 10.0 Å². The molecule has 0 saturated carbocycles. The van der Waals surface area contributed by atoms with Gasteiger partial charge in [0.1, 0.15) is 17.0 Å². The topological polar surface area (TPSA) is 143 Å². The number of amides is 2. The van der Waals surface area contributed by atoms with Gasteiger partial charge in [-0.2, -0.15) is 15.2 Å². The van der Waals surface area contributed by atoms with Crippen LogP contribution in [0.15, 0.2) is 40.4 Å². The molecule has 124 valence electrons. The smallest absolute Gasteiger partial charge is 0.336 e. The highest BCUT2D eigenvalue weighted by molar-refractivity contribution is 8.00. The maximum Gasteiger partial charge on any atom is 0.336 e. The normalized spacial score (nSPS) is 10.8. The van der Waals surface area contributed by atoms with Crippen molar-refractivity contribution in [3.63, 3.8) is 0 Å². The zero-order valence-electron chi connectivity index (χ0n) is 12.4. The third-order valence-electron chi connectivity index (χ3n) is 2.72. The van der Waals surface area contributed by atoms with E-state index in [9.17, 15) is 13.2 Å². The van der Waals surface area contributed by atoms with Crippen LogP contribution in [0.1, 0.15) is 5.82 Å². The third-order valence-corrected chi connectivity index (χ3v) is 5.53. The standard InChI is InChI=1S/C13H12N6O3S2/c1-9-16-8-17-13(18-9)19(12(15)20)24(21,22)11-5-3-2-4-10(11)23-7-6-14/h2-5,8H,7H2,1H3,(H2,15,20). The lowest BCUT2D eigenvalue weighted by atomic mass is 10.4. The summed E-state index contributed by atoms with van der Waals surface area (Å²) in [5.41, 5.74) is 5.24. The summed E-state index contributed by atoms with van der Waals surface area (Å²) in [6.45, 7) is 1.52. The van der Waals surface area contributed by atoms with Gasteiger partial charge in [0, 0.05) is 4.90 Å². The molecule has 0 radical (unpaired) electrons. The summed E-state index contributed by atoms with van der Waals surface area (Å²) in [4.78, 5) is 23.2. The number of nitrogens with zero attached hydrogens (tertiary/aromatic N) is 5. The number of aryl methyl sites for hydroxylation is 1. The molecule has 0 unspecified atom stereocenters. The minimum atomic E-state index is -4.36. The summed E-state index contributed by atoms with van der Waals surface area (Å²) in [6.07, 6.45) is 1.08. The van der Waals surface area contributed by atoms with Crippen molar-refractivity contribution in [2.75, 3.05) is 10.1 Å². The first kappa shape index (κ1) is 17.6. The zero-order chi connectivity index (χ0) is 17.7. The number of aromatic nitrogens is 3. The van der Waals surface area contributed by atoms with Gasteiger partial charge in [0.15, 0.2) is 0 Å². The summed E-state index contributed by atoms with van der Waals surface area (Å²) < 4.78 is 26.1. The fourth-order valence-electron chi connectivity index (χ4n) is 1.78. The van der Waals surface area contributed by atoms with E-state index in [1.165, 1.54) is 25.1 Å². The number of thioether (sulfide) groups is 1. The summed E-state index contributed by atoms with van der Waals surface area (Å²) >= 11 is 1.03. The van der Waals surface area contributed by atoms with Crippen LogP contribution >= 0.6 is 11.8 Å². The van der Waals surface area contributed by atoms with E-state index in [1.807, 2.05) is 6.07 Å². The molecule has 1 aromatic heterocycles. The van der Waals surface area contributed by atoms with Gasteiger partial charge in [0.05, 0.1) is 11.8 Å². The first-order valence-corrected chi connectivity index (χ1v) is 8.89. The molecule has 0 fully saturated rings. The fourth-order valence-corrected chi connectivity index (χ4v) is 4.19. The number of anilines is 1. The Labute approximate surface area is 142 Å². The van der Waals surface area contributed by atoms with Gasteiger partial charge in [0.2, 0.25) is 0 Å². The lowest BCUT2D eigenvalue weighted by Crippen LogP contribution is -2.42. The molecule has 2 amide bonds. The Balaban J connectivity index is 2.59. The number of hydrogen-bond acceptors (Lipinski definition) is 8. The predicted octanol–water partition coefficient (Wildman–Crippen LogP) is 1.07. The van der Waals surface area contributed by atoms with Crippen LogP contribution in [0.3, 0.4) is 0 Å². The number of sulfonamides is 1. The molecular weight excluding hydrogens is 352 g/mol. The van der Waals surface area contributed by atoms with Crippen LogP contribution in [-0.2, 0) is 10.0 Å². The van der Waals surface area contributed by atoms with Crippen molar-refractivity contribution in [1.82, 2.24) is 15.0 Å². The number of rotatable bonds is 5. The monoisotopic (exact) mass is 364 g/mol. The van der Waals surface area contributed by atoms with Gasteiger partial charge < -0.3 is 5.73 Å². The molecule has 0 aliphatic heterocycles. The lowest BCUT2D eigenvalue weighted by Gasteiger charge is -2.19. The van der Waals surface area contributed by atoms with Crippen molar-refractivity contribution in [3.8, 4) is 6.07 Å². The molecule has 0 aliphatic rings. The average Bonchev–Trinajstić information content (AvgIpc) is 2.52. The first-order valence-electron chi connectivity index (χ1n) is 6.47. The summed E-state index contributed by atoms with van der Waals surface area (Å²) in [5.74, 6) is -0.114. The molecule has 2 rings (SSSR count). The largest absolute Gasteiger partial charge is 0.350 e. The molecule has 24 heavy (non-hydrogen) atoms. The number of nitriles is 1. The van der Waals surface area contributed by atoms with Crippen LogP contribution in [0.25, 0.3) is 0 Å².